The average molecular weight is 475 g/mol. The second-order valence-corrected chi connectivity index (χ2v) is 0.848. The van der Waals surface area contributed by atoms with Gasteiger partial charge < -0.3 is 30.6 Å². The van der Waals surface area contributed by atoms with E-state index in [0.29, 0.717) is 0 Å². The minimum atomic E-state index is -1.83. The van der Waals surface area contributed by atoms with Crippen LogP contribution in [-0.4, -0.2) is 49.1 Å². The van der Waals surface area contributed by atoms with Gasteiger partial charge in [-0.1, -0.05) is 0 Å². The third kappa shape index (κ3) is 6340. The van der Waals surface area contributed by atoms with E-state index in [2.05, 4.69) is 0 Å². The van der Waals surface area contributed by atoms with Crippen molar-refractivity contribution >= 4 is 18.5 Å². The van der Waals surface area contributed by atoms with Crippen molar-refractivity contribution in [3.05, 3.63) is 0 Å². The molecule has 0 aromatic rings. The summed E-state index contributed by atoms with van der Waals surface area (Å²) in [5, 5.41) is 41.8. The summed E-state index contributed by atoms with van der Waals surface area (Å²) in [5.41, 5.74) is 0. The van der Waals surface area contributed by atoms with E-state index in [9.17, 15) is 0 Å². The maximum absolute atomic E-state index is 8.56. The number of rotatable bonds is 0. The topological polar surface area (TPSA) is 173 Å². The minimum absolute atomic E-state index is 0. The van der Waals surface area contributed by atoms with E-state index in [1.54, 1.807) is 0 Å². The summed E-state index contributed by atoms with van der Waals surface area (Å²) in [6.07, 6.45) is -5.50. The van der Waals surface area contributed by atoms with Crippen molar-refractivity contribution in [1.82, 2.24) is 0 Å². The summed E-state index contributed by atoms with van der Waals surface area (Å²) in [6, 6.07) is 0. The molecule has 6 N–H and O–H groups in total. The number of hydrogen-bond donors (Lipinski definition) is 6. The molecule has 0 heterocycles. The molecule has 0 saturated heterocycles. The summed E-state index contributed by atoms with van der Waals surface area (Å²) >= 11 is 0. The van der Waals surface area contributed by atoms with Gasteiger partial charge in [0.05, 0.1) is 0 Å². The van der Waals surface area contributed by atoms with Crippen LogP contribution in [0, 0.1) is 81.7 Å². The molecule has 14 heavy (non-hydrogen) atoms. The molecule has 0 rings (SSSR count). The second kappa shape index (κ2) is 23.4. The molecule has 0 fully saturated rings. The van der Waals surface area contributed by atoms with Crippen LogP contribution in [0.15, 0.2) is 0 Å². The molecule has 80 valence electrons. The third-order valence-electron chi connectivity index (χ3n) is 0. The van der Waals surface area contributed by atoms with Crippen molar-refractivity contribution in [3.8, 4) is 0 Å². The Morgan fingerprint density at radius 1 is 0.500 bits per heavy atom. The molecule has 0 saturated carbocycles. The van der Waals surface area contributed by atoms with E-state index in [1.165, 1.54) is 0 Å². The molecule has 0 aliphatic heterocycles. The summed E-state index contributed by atoms with van der Waals surface area (Å²) < 4.78 is 0. The van der Waals surface area contributed by atoms with E-state index < -0.39 is 18.5 Å². The zero-order chi connectivity index (χ0) is 10.7. The first-order valence-corrected chi connectivity index (χ1v) is 1.95. The van der Waals surface area contributed by atoms with Gasteiger partial charge in [-0.05, 0) is 0 Å². The number of hydrogen-bond acceptors (Lipinski definition) is 3. The Morgan fingerprint density at radius 3 is 0.500 bits per heavy atom. The summed E-state index contributed by atoms with van der Waals surface area (Å²) in [6.45, 7) is 0. The summed E-state index contributed by atoms with van der Waals surface area (Å²) in [7, 11) is 0. The quantitative estimate of drug-likeness (QED) is 0.295. The zero-order valence-electron chi connectivity index (χ0n) is 6.41. The molecule has 0 radical (unpaired) electrons. The van der Waals surface area contributed by atoms with Crippen LogP contribution in [-0.2, 0) is 0 Å². The van der Waals surface area contributed by atoms with Gasteiger partial charge in [-0.3, -0.25) is 0 Å². The van der Waals surface area contributed by atoms with Crippen LogP contribution in [0.5, 0.6) is 0 Å². The van der Waals surface area contributed by atoms with Gasteiger partial charge in [0.1, 0.15) is 0 Å². The zero-order valence-corrected chi connectivity index (χ0v) is 12.8. The van der Waals surface area contributed by atoms with Gasteiger partial charge in [0.15, 0.2) is 0 Å². The van der Waals surface area contributed by atoms with Gasteiger partial charge in [0.2, 0.25) is 0 Å². The van der Waals surface area contributed by atoms with Crippen molar-refractivity contribution in [2.75, 3.05) is 0 Å². The van der Waals surface area contributed by atoms with Crippen LogP contribution < -0.4 is 0 Å². The molecule has 0 unspecified atom stereocenters. The SMILES string of the molecule is O=C(O)O.O=C(O)O.O=C(O)O.[Nd].[Nd]. The Hall–Kier alpha value is 0.511. The van der Waals surface area contributed by atoms with Gasteiger partial charge in [0, 0.05) is 81.7 Å². The first kappa shape index (κ1) is 29.3. The van der Waals surface area contributed by atoms with E-state index in [4.69, 9.17) is 45.0 Å². The van der Waals surface area contributed by atoms with E-state index in [-0.39, 0.29) is 81.7 Å². The summed E-state index contributed by atoms with van der Waals surface area (Å²) in [4.78, 5) is 25.7. The Labute approximate surface area is 143 Å². The molecule has 0 amide bonds. The molecule has 0 atom stereocenters. The van der Waals surface area contributed by atoms with E-state index >= 15 is 0 Å². The maximum atomic E-state index is 8.56. The fourth-order valence-corrected chi connectivity index (χ4v) is 0. The molecule has 0 aliphatic carbocycles. The molecule has 0 bridgehead atoms. The average Bonchev–Trinajstić information content (AvgIpc) is 1.54. The Bertz CT molecular complexity index is 116. The van der Waals surface area contributed by atoms with Crippen LogP contribution in [0.25, 0.3) is 0 Å². The second-order valence-electron chi connectivity index (χ2n) is 0.848. The Morgan fingerprint density at radius 2 is 0.500 bits per heavy atom. The fourth-order valence-electron chi connectivity index (χ4n) is 0. The molecular formula is C3H6Nd2O9. The molecule has 11 heteroatoms. The summed E-state index contributed by atoms with van der Waals surface area (Å²) in [5.74, 6) is 0. The first-order chi connectivity index (χ1) is 5.20. The standard InChI is InChI=1S/3CH2O3.2Nd/c3*2-1(3)4;;/h3*(H2,2,3,4);;. The number of carboxylic acid groups (broad SMARTS) is 6. The van der Waals surface area contributed by atoms with Gasteiger partial charge in [0.25, 0.3) is 0 Å². The Kier molecular flexibility index (Phi) is 48.9. The van der Waals surface area contributed by atoms with Gasteiger partial charge in [-0.2, -0.15) is 0 Å². The molecule has 9 nitrogen and oxygen atoms in total. The molecular weight excluding hydrogens is 469 g/mol. The molecule has 0 aromatic heterocycles. The fraction of sp³-hybridized carbons (Fsp3) is 0. The van der Waals surface area contributed by atoms with Gasteiger partial charge in [-0.25, -0.2) is 14.4 Å². The maximum Gasteiger partial charge on any atom is 0.503 e. The van der Waals surface area contributed by atoms with Crippen molar-refractivity contribution in [2.45, 2.75) is 0 Å². The smallest absolute Gasteiger partial charge is 0.450 e. The van der Waals surface area contributed by atoms with Crippen molar-refractivity contribution in [3.63, 3.8) is 0 Å². The molecule has 0 aliphatic rings. The molecule has 0 aromatic carbocycles. The van der Waals surface area contributed by atoms with E-state index in [0.717, 1.165) is 0 Å². The van der Waals surface area contributed by atoms with Crippen LogP contribution in [0.3, 0.4) is 0 Å². The van der Waals surface area contributed by atoms with E-state index in [1.807, 2.05) is 0 Å². The largest absolute Gasteiger partial charge is 0.503 e. The van der Waals surface area contributed by atoms with Gasteiger partial charge >= 0.3 is 18.5 Å². The van der Waals surface area contributed by atoms with Crippen LogP contribution >= 0.6 is 0 Å². The van der Waals surface area contributed by atoms with Crippen LogP contribution in [0.1, 0.15) is 0 Å². The number of carbonyl (C=O) groups is 3. The predicted octanol–water partition coefficient (Wildman–Crippen LogP) is 0.667. The monoisotopic (exact) mass is 470 g/mol. The van der Waals surface area contributed by atoms with Gasteiger partial charge in [-0.15, -0.1) is 0 Å². The van der Waals surface area contributed by atoms with Crippen LogP contribution in [0.4, 0.5) is 14.4 Å². The predicted molar refractivity (Wildman–Crippen MR) is 32.0 cm³/mol. The third-order valence-corrected chi connectivity index (χ3v) is 0. The van der Waals surface area contributed by atoms with Crippen molar-refractivity contribution in [2.24, 2.45) is 0 Å². The van der Waals surface area contributed by atoms with Crippen LogP contribution in [0.2, 0.25) is 0 Å². The normalized spacial score (nSPS) is 5.14. The minimum Gasteiger partial charge on any atom is -0.450 e. The van der Waals surface area contributed by atoms with Crippen molar-refractivity contribution < 1.29 is 127 Å². The van der Waals surface area contributed by atoms with Crippen molar-refractivity contribution in [1.29, 1.82) is 0 Å². The first-order valence-electron chi connectivity index (χ1n) is 1.95. The Balaban J connectivity index is -0.0000000270. The molecule has 0 spiro atoms.